The normalized spacial score (nSPS) is 19.2. The molecule has 6 heteroatoms. The van der Waals surface area contributed by atoms with Crippen molar-refractivity contribution in [3.63, 3.8) is 0 Å². The highest BCUT2D eigenvalue weighted by molar-refractivity contribution is 7.99. The molecule has 0 aromatic heterocycles. The van der Waals surface area contributed by atoms with E-state index < -0.39 is 23.0 Å². The number of hydrogen-bond acceptors (Lipinski definition) is 3. The van der Waals surface area contributed by atoms with Crippen LogP contribution in [0.1, 0.15) is 0 Å². The maximum Gasteiger partial charge on any atom is 0.170 e. The Bertz CT molecular complexity index is 459. The lowest BCUT2D eigenvalue weighted by Crippen LogP contribution is -2.22. The summed E-state index contributed by atoms with van der Waals surface area (Å²) in [4.78, 5) is 4.05. The molecule has 0 saturated carbocycles. The molecule has 0 saturated heterocycles. The first-order valence-electron chi connectivity index (χ1n) is 4.42. The lowest BCUT2D eigenvalue weighted by atomic mass is 10.3. The summed E-state index contributed by atoms with van der Waals surface area (Å²) in [6.45, 7) is 0. The van der Waals surface area contributed by atoms with Crippen molar-refractivity contribution in [3.8, 4) is 0 Å². The number of nitrogens with one attached hydrogen (secondary N) is 1. The van der Waals surface area contributed by atoms with Gasteiger partial charge in [-0.15, -0.1) is 0 Å². The van der Waals surface area contributed by atoms with Crippen molar-refractivity contribution in [2.75, 3.05) is 0 Å². The van der Waals surface area contributed by atoms with Crippen LogP contribution in [0.5, 0.6) is 0 Å². The highest BCUT2D eigenvalue weighted by Gasteiger charge is 2.13. The molecule has 1 aromatic rings. The third-order valence-electron chi connectivity index (χ3n) is 1.83. The van der Waals surface area contributed by atoms with Crippen LogP contribution in [0, 0.1) is 11.6 Å². The highest BCUT2D eigenvalue weighted by Crippen LogP contribution is 2.27. The topological polar surface area (TPSA) is 24.4 Å². The number of nitrogens with zero attached hydrogens (tertiary/aromatic N) is 1. The van der Waals surface area contributed by atoms with E-state index in [4.69, 9.17) is 0 Å². The summed E-state index contributed by atoms with van der Waals surface area (Å²) >= 11 is 1.04. The number of rotatable bonds is 2. The second-order valence-electron chi connectivity index (χ2n) is 3.02. The Morgan fingerprint density at radius 3 is 2.69 bits per heavy atom. The zero-order chi connectivity index (χ0) is 11.5. The summed E-state index contributed by atoms with van der Waals surface area (Å²) in [5.41, 5.74) is -0.500. The molecular formula is C10H7F3N2S. The van der Waals surface area contributed by atoms with Crippen molar-refractivity contribution >= 4 is 18.0 Å². The molecule has 0 radical (unpaired) electrons. The largest absolute Gasteiger partial charge is 0.359 e. The Balaban J connectivity index is 2.08. The van der Waals surface area contributed by atoms with Crippen molar-refractivity contribution < 1.29 is 13.2 Å². The number of benzene rings is 1. The summed E-state index contributed by atoms with van der Waals surface area (Å²) in [6.07, 6.45) is 2.20. The van der Waals surface area contributed by atoms with Crippen molar-refractivity contribution in [1.82, 2.24) is 5.32 Å². The molecule has 0 fully saturated rings. The van der Waals surface area contributed by atoms with E-state index >= 15 is 0 Å². The van der Waals surface area contributed by atoms with E-state index in [-0.39, 0.29) is 4.90 Å². The lowest BCUT2D eigenvalue weighted by Gasteiger charge is -2.15. The standard InChI is InChI=1S/C10H7F3N2S/c11-6-1-2-9(8(13)3-6)16-10-14-4-7(12)5-15-10/h1-5,10,14H. The Morgan fingerprint density at radius 1 is 1.25 bits per heavy atom. The molecule has 1 atom stereocenters. The Kier molecular flexibility index (Phi) is 3.19. The van der Waals surface area contributed by atoms with Gasteiger partial charge >= 0.3 is 0 Å². The van der Waals surface area contributed by atoms with Crippen LogP contribution in [0.25, 0.3) is 0 Å². The first kappa shape index (κ1) is 11.1. The van der Waals surface area contributed by atoms with Gasteiger partial charge in [0.05, 0.1) is 6.21 Å². The van der Waals surface area contributed by atoms with Gasteiger partial charge in [0.25, 0.3) is 0 Å². The molecule has 1 aromatic carbocycles. The highest BCUT2D eigenvalue weighted by atomic mass is 32.2. The molecule has 0 amide bonds. The van der Waals surface area contributed by atoms with Crippen LogP contribution in [0.3, 0.4) is 0 Å². The van der Waals surface area contributed by atoms with E-state index in [0.29, 0.717) is 0 Å². The fourth-order valence-corrected chi connectivity index (χ4v) is 1.94. The first-order chi connectivity index (χ1) is 7.65. The average molecular weight is 244 g/mol. The van der Waals surface area contributed by atoms with Crippen LogP contribution in [0.2, 0.25) is 0 Å². The molecule has 2 rings (SSSR count). The summed E-state index contributed by atoms with van der Waals surface area (Å²) in [5.74, 6) is -1.78. The van der Waals surface area contributed by atoms with Crippen LogP contribution >= 0.6 is 11.8 Å². The van der Waals surface area contributed by atoms with E-state index in [1.165, 1.54) is 6.07 Å². The molecule has 0 spiro atoms. The molecule has 0 aliphatic carbocycles. The van der Waals surface area contributed by atoms with E-state index in [9.17, 15) is 13.2 Å². The molecule has 84 valence electrons. The maximum absolute atomic E-state index is 13.3. The Morgan fingerprint density at radius 2 is 2.06 bits per heavy atom. The van der Waals surface area contributed by atoms with Gasteiger partial charge in [-0.3, -0.25) is 4.99 Å². The minimum Gasteiger partial charge on any atom is -0.359 e. The number of allylic oxidation sites excluding steroid dienone is 1. The maximum atomic E-state index is 13.3. The molecule has 1 aliphatic rings. The zero-order valence-electron chi connectivity index (χ0n) is 7.95. The third-order valence-corrected chi connectivity index (χ3v) is 2.90. The number of aliphatic imine (C=N–C) groups is 1. The van der Waals surface area contributed by atoms with E-state index in [1.807, 2.05) is 0 Å². The summed E-state index contributed by atoms with van der Waals surface area (Å²) in [6, 6.07) is 3.28. The Hall–Kier alpha value is -1.43. The smallest absolute Gasteiger partial charge is 0.170 e. The van der Waals surface area contributed by atoms with Crippen LogP contribution in [-0.2, 0) is 0 Å². The molecule has 16 heavy (non-hydrogen) atoms. The molecular weight excluding hydrogens is 237 g/mol. The number of halogens is 3. The first-order valence-corrected chi connectivity index (χ1v) is 5.30. The predicted molar refractivity (Wildman–Crippen MR) is 56.8 cm³/mol. The average Bonchev–Trinajstić information content (AvgIpc) is 2.25. The number of hydrogen-bond donors (Lipinski definition) is 1. The second kappa shape index (κ2) is 4.61. The van der Waals surface area contributed by atoms with Gasteiger partial charge in [-0.1, -0.05) is 11.8 Å². The Labute approximate surface area is 94.3 Å². The van der Waals surface area contributed by atoms with Gasteiger partial charge in [0.2, 0.25) is 0 Å². The summed E-state index contributed by atoms with van der Waals surface area (Å²) in [5, 5.41) is 2.63. The summed E-state index contributed by atoms with van der Waals surface area (Å²) < 4.78 is 38.4. The van der Waals surface area contributed by atoms with Crippen molar-refractivity contribution in [1.29, 1.82) is 0 Å². The van der Waals surface area contributed by atoms with Gasteiger partial charge in [0.15, 0.2) is 11.3 Å². The molecule has 0 bridgehead atoms. The lowest BCUT2D eigenvalue weighted by molar-refractivity contribution is 0.565. The van der Waals surface area contributed by atoms with Crippen LogP contribution in [0.15, 0.2) is 40.1 Å². The van der Waals surface area contributed by atoms with E-state index in [1.54, 1.807) is 0 Å². The summed E-state index contributed by atoms with van der Waals surface area (Å²) in [7, 11) is 0. The molecule has 1 N–H and O–H groups in total. The molecule has 1 heterocycles. The van der Waals surface area contributed by atoms with Gasteiger partial charge in [-0.25, -0.2) is 13.2 Å². The van der Waals surface area contributed by atoms with Crippen LogP contribution < -0.4 is 5.32 Å². The van der Waals surface area contributed by atoms with Gasteiger partial charge in [0, 0.05) is 17.2 Å². The predicted octanol–water partition coefficient (Wildman–Crippen LogP) is 2.83. The molecule has 2 nitrogen and oxygen atoms in total. The van der Waals surface area contributed by atoms with Crippen LogP contribution in [0.4, 0.5) is 13.2 Å². The second-order valence-corrected chi connectivity index (χ2v) is 4.14. The quantitative estimate of drug-likeness (QED) is 0.865. The molecule has 1 unspecified atom stereocenters. The van der Waals surface area contributed by atoms with Gasteiger partial charge < -0.3 is 5.32 Å². The molecule has 1 aliphatic heterocycles. The van der Waals surface area contributed by atoms with Gasteiger partial charge in [-0.05, 0) is 12.1 Å². The van der Waals surface area contributed by atoms with E-state index in [2.05, 4.69) is 10.3 Å². The van der Waals surface area contributed by atoms with Crippen molar-refractivity contribution in [2.24, 2.45) is 4.99 Å². The van der Waals surface area contributed by atoms with Crippen molar-refractivity contribution in [3.05, 3.63) is 41.9 Å². The van der Waals surface area contributed by atoms with Crippen LogP contribution in [-0.4, -0.2) is 11.7 Å². The fourth-order valence-electron chi connectivity index (χ4n) is 1.13. The van der Waals surface area contributed by atoms with Gasteiger partial charge in [0.1, 0.15) is 11.6 Å². The zero-order valence-corrected chi connectivity index (χ0v) is 8.77. The minimum absolute atomic E-state index is 0.256. The van der Waals surface area contributed by atoms with E-state index in [0.717, 1.165) is 36.3 Å². The minimum atomic E-state index is -0.656. The third kappa shape index (κ3) is 2.57. The van der Waals surface area contributed by atoms with Gasteiger partial charge in [-0.2, -0.15) is 0 Å². The monoisotopic (exact) mass is 244 g/mol. The SMILES string of the molecule is FC1=CNC(Sc2ccc(F)cc2F)N=C1. The van der Waals surface area contributed by atoms with Crippen molar-refractivity contribution in [2.45, 2.75) is 10.4 Å². The fraction of sp³-hybridized carbons (Fsp3) is 0.100. The number of thioether (sulfide) groups is 1.